The highest BCUT2D eigenvalue weighted by atomic mass is 35.5. The highest BCUT2D eigenvalue weighted by molar-refractivity contribution is 6.31. The quantitative estimate of drug-likeness (QED) is 0.685. The van der Waals surface area contributed by atoms with Crippen molar-refractivity contribution in [1.29, 1.82) is 0 Å². The summed E-state index contributed by atoms with van der Waals surface area (Å²) in [5.41, 5.74) is 5.66. The standard InChI is InChI=1S/C12H21ClN6O2/c1-21-6-2-3-18-4-5-19(9(7-18)8-20)12-15-11(14)10(13)16-17-12/h9,20H,2-8H2,1H3,(H2,14,15,17). The lowest BCUT2D eigenvalue weighted by molar-refractivity contribution is 0.143. The van der Waals surface area contributed by atoms with Gasteiger partial charge in [0.15, 0.2) is 11.0 Å². The van der Waals surface area contributed by atoms with E-state index in [1.165, 1.54) is 0 Å². The molecule has 1 unspecified atom stereocenters. The molecule has 8 nitrogen and oxygen atoms in total. The van der Waals surface area contributed by atoms with Crippen LogP contribution in [-0.2, 0) is 4.74 Å². The van der Waals surface area contributed by atoms with Crippen molar-refractivity contribution in [2.45, 2.75) is 12.5 Å². The lowest BCUT2D eigenvalue weighted by Crippen LogP contribution is -2.55. The van der Waals surface area contributed by atoms with Crippen LogP contribution in [0, 0.1) is 0 Å². The largest absolute Gasteiger partial charge is 0.394 e. The number of anilines is 2. The molecular formula is C12H21ClN6O2. The van der Waals surface area contributed by atoms with Gasteiger partial charge in [-0.3, -0.25) is 4.90 Å². The molecule has 1 saturated heterocycles. The average Bonchev–Trinajstić information content (AvgIpc) is 2.50. The van der Waals surface area contributed by atoms with Gasteiger partial charge in [-0.05, 0) is 6.42 Å². The number of halogens is 1. The van der Waals surface area contributed by atoms with E-state index in [4.69, 9.17) is 22.1 Å². The van der Waals surface area contributed by atoms with E-state index < -0.39 is 0 Å². The minimum Gasteiger partial charge on any atom is -0.394 e. The number of aromatic nitrogens is 3. The van der Waals surface area contributed by atoms with Gasteiger partial charge in [0.2, 0.25) is 5.95 Å². The second-order valence-corrected chi connectivity index (χ2v) is 5.32. The van der Waals surface area contributed by atoms with Crippen LogP contribution in [0.15, 0.2) is 0 Å². The van der Waals surface area contributed by atoms with Crippen LogP contribution in [0.25, 0.3) is 0 Å². The Morgan fingerprint density at radius 2 is 2.24 bits per heavy atom. The summed E-state index contributed by atoms with van der Waals surface area (Å²) in [5, 5.41) is 17.4. The molecule has 0 saturated carbocycles. The Bertz CT molecular complexity index is 463. The minimum atomic E-state index is -0.0799. The molecule has 0 spiro atoms. The van der Waals surface area contributed by atoms with Crippen LogP contribution in [0.1, 0.15) is 6.42 Å². The molecule has 0 aliphatic carbocycles. The SMILES string of the molecule is COCCCN1CCN(c2nnc(Cl)c(N)n2)C(CO)C1. The number of rotatable bonds is 6. The molecule has 0 amide bonds. The third-order valence-corrected chi connectivity index (χ3v) is 3.79. The van der Waals surface area contributed by atoms with E-state index in [9.17, 15) is 5.11 Å². The lowest BCUT2D eigenvalue weighted by Gasteiger charge is -2.40. The fraction of sp³-hybridized carbons (Fsp3) is 0.750. The van der Waals surface area contributed by atoms with E-state index in [1.54, 1.807) is 7.11 Å². The summed E-state index contributed by atoms with van der Waals surface area (Å²) in [4.78, 5) is 8.36. The van der Waals surface area contributed by atoms with Crippen molar-refractivity contribution in [2.75, 3.05) is 57.1 Å². The zero-order chi connectivity index (χ0) is 15.2. The summed E-state index contributed by atoms with van der Waals surface area (Å²) >= 11 is 5.73. The number of aliphatic hydroxyl groups excluding tert-OH is 1. The van der Waals surface area contributed by atoms with Crippen LogP contribution in [0.2, 0.25) is 5.15 Å². The van der Waals surface area contributed by atoms with E-state index >= 15 is 0 Å². The molecule has 2 heterocycles. The maximum absolute atomic E-state index is 9.61. The molecule has 1 aromatic heterocycles. The van der Waals surface area contributed by atoms with Gasteiger partial charge in [0, 0.05) is 39.9 Å². The van der Waals surface area contributed by atoms with Gasteiger partial charge in [-0.2, -0.15) is 4.98 Å². The number of aliphatic hydroxyl groups is 1. The number of methoxy groups -OCH3 is 1. The maximum atomic E-state index is 9.61. The number of nitrogens with two attached hydrogens (primary N) is 1. The van der Waals surface area contributed by atoms with Gasteiger partial charge in [-0.1, -0.05) is 11.6 Å². The Labute approximate surface area is 128 Å². The van der Waals surface area contributed by atoms with E-state index in [0.29, 0.717) is 12.5 Å². The van der Waals surface area contributed by atoms with Crippen molar-refractivity contribution in [2.24, 2.45) is 0 Å². The molecule has 9 heteroatoms. The first kappa shape index (κ1) is 16.2. The van der Waals surface area contributed by atoms with Gasteiger partial charge in [-0.15, -0.1) is 10.2 Å². The fourth-order valence-electron chi connectivity index (χ4n) is 2.41. The first-order chi connectivity index (χ1) is 10.2. The summed E-state index contributed by atoms with van der Waals surface area (Å²) in [6.07, 6.45) is 0.973. The topological polar surface area (TPSA) is 101 Å². The van der Waals surface area contributed by atoms with E-state index in [1.807, 2.05) is 4.90 Å². The Kier molecular flexibility index (Phi) is 5.92. The molecule has 1 atom stereocenters. The van der Waals surface area contributed by atoms with Crippen LogP contribution in [0.4, 0.5) is 11.8 Å². The predicted molar refractivity (Wildman–Crippen MR) is 80.4 cm³/mol. The normalized spacial score (nSPS) is 20.0. The number of nitrogen functional groups attached to an aromatic ring is 1. The summed E-state index contributed by atoms with van der Waals surface area (Å²) in [6, 6.07) is -0.0799. The Balaban J connectivity index is 2.00. The van der Waals surface area contributed by atoms with Gasteiger partial charge >= 0.3 is 0 Å². The molecule has 1 aliphatic heterocycles. The van der Waals surface area contributed by atoms with Gasteiger partial charge in [0.1, 0.15) is 0 Å². The molecule has 21 heavy (non-hydrogen) atoms. The molecule has 1 fully saturated rings. The van der Waals surface area contributed by atoms with Crippen LogP contribution in [0.3, 0.4) is 0 Å². The van der Waals surface area contributed by atoms with E-state index in [0.717, 1.165) is 32.7 Å². The maximum Gasteiger partial charge on any atom is 0.247 e. The molecule has 0 bridgehead atoms. The third kappa shape index (κ3) is 4.13. The summed E-state index contributed by atoms with van der Waals surface area (Å²) in [7, 11) is 1.70. The lowest BCUT2D eigenvalue weighted by atomic mass is 10.2. The second-order valence-electron chi connectivity index (χ2n) is 4.96. The smallest absolute Gasteiger partial charge is 0.247 e. The summed E-state index contributed by atoms with van der Waals surface area (Å²) in [6.45, 7) is 4.02. The summed E-state index contributed by atoms with van der Waals surface area (Å²) < 4.78 is 5.06. The Hall–Kier alpha value is -1.22. The van der Waals surface area contributed by atoms with E-state index in [2.05, 4.69) is 20.1 Å². The number of hydrogen-bond acceptors (Lipinski definition) is 8. The van der Waals surface area contributed by atoms with Crippen LogP contribution >= 0.6 is 11.6 Å². The highest BCUT2D eigenvalue weighted by Crippen LogP contribution is 2.19. The zero-order valence-corrected chi connectivity index (χ0v) is 12.8. The fourth-order valence-corrected chi connectivity index (χ4v) is 2.49. The monoisotopic (exact) mass is 316 g/mol. The van der Waals surface area contributed by atoms with Crippen molar-refractivity contribution in [3.63, 3.8) is 0 Å². The average molecular weight is 317 g/mol. The number of hydrogen-bond donors (Lipinski definition) is 2. The third-order valence-electron chi connectivity index (χ3n) is 3.52. The molecule has 0 aromatic carbocycles. The first-order valence-corrected chi connectivity index (χ1v) is 7.28. The van der Waals surface area contributed by atoms with Crippen molar-refractivity contribution >= 4 is 23.4 Å². The van der Waals surface area contributed by atoms with Crippen molar-refractivity contribution in [3.05, 3.63) is 5.15 Å². The molecule has 118 valence electrons. The molecule has 0 radical (unpaired) electrons. The molecule has 1 aromatic rings. The van der Waals surface area contributed by atoms with Crippen LogP contribution < -0.4 is 10.6 Å². The Morgan fingerprint density at radius 3 is 2.90 bits per heavy atom. The van der Waals surface area contributed by atoms with Crippen molar-refractivity contribution < 1.29 is 9.84 Å². The van der Waals surface area contributed by atoms with Crippen molar-refractivity contribution in [1.82, 2.24) is 20.1 Å². The first-order valence-electron chi connectivity index (χ1n) is 6.90. The highest BCUT2D eigenvalue weighted by Gasteiger charge is 2.28. The molecule has 3 N–H and O–H groups in total. The van der Waals surface area contributed by atoms with E-state index in [-0.39, 0.29) is 23.6 Å². The molecular weight excluding hydrogens is 296 g/mol. The number of piperazine rings is 1. The van der Waals surface area contributed by atoms with Gasteiger partial charge in [0.25, 0.3) is 0 Å². The number of ether oxygens (including phenoxy) is 1. The van der Waals surface area contributed by atoms with Crippen molar-refractivity contribution in [3.8, 4) is 0 Å². The Morgan fingerprint density at radius 1 is 1.43 bits per heavy atom. The molecule has 2 rings (SSSR count). The van der Waals surface area contributed by atoms with Gasteiger partial charge in [0.05, 0.1) is 12.6 Å². The van der Waals surface area contributed by atoms with Crippen LogP contribution in [-0.4, -0.2) is 77.7 Å². The summed E-state index contributed by atoms with van der Waals surface area (Å²) in [5.74, 6) is 0.563. The van der Waals surface area contributed by atoms with Gasteiger partial charge < -0.3 is 20.5 Å². The minimum absolute atomic E-state index is 0.0205. The zero-order valence-electron chi connectivity index (χ0n) is 12.1. The number of nitrogens with zero attached hydrogens (tertiary/aromatic N) is 5. The predicted octanol–water partition coefficient (Wildman–Crippen LogP) is -0.373. The van der Waals surface area contributed by atoms with Crippen LogP contribution in [0.5, 0.6) is 0 Å². The second kappa shape index (κ2) is 7.69. The van der Waals surface area contributed by atoms with Gasteiger partial charge in [-0.25, -0.2) is 0 Å². The molecule has 1 aliphatic rings.